The molecular weight excluding hydrogens is 280 g/mol. The monoisotopic (exact) mass is 300 g/mol. The van der Waals surface area contributed by atoms with Crippen LogP contribution in [0.25, 0.3) is 0 Å². The lowest BCUT2D eigenvalue weighted by Gasteiger charge is -2.14. The fourth-order valence-electron chi connectivity index (χ4n) is 1.70. The first-order chi connectivity index (χ1) is 8.90. The van der Waals surface area contributed by atoms with Gasteiger partial charge in [-0.3, -0.25) is 0 Å². The number of hydrogen-bond acceptors (Lipinski definition) is 3. The molecule has 1 rings (SSSR count). The summed E-state index contributed by atoms with van der Waals surface area (Å²) in [5, 5.41) is 0. The molecular formula is C13H20N2O2S2. The van der Waals surface area contributed by atoms with Crippen molar-refractivity contribution in [1.29, 1.82) is 0 Å². The first-order valence-corrected chi connectivity index (χ1v) is 8.19. The van der Waals surface area contributed by atoms with E-state index in [0.717, 1.165) is 12.8 Å². The Bertz CT molecular complexity index is 537. The minimum Gasteiger partial charge on any atom is -0.389 e. The fraction of sp³-hybridized carbons (Fsp3) is 0.462. The van der Waals surface area contributed by atoms with E-state index in [1.165, 1.54) is 12.1 Å². The summed E-state index contributed by atoms with van der Waals surface area (Å²) >= 11 is 4.85. The van der Waals surface area contributed by atoms with Gasteiger partial charge in [-0.05, 0) is 18.1 Å². The zero-order valence-electron chi connectivity index (χ0n) is 11.2. The van der Waals surface area contributed by atoms with Crippen LogP contribution in [0.15, 0.2) is 29.2 Å². The largest absolute Gasteiger partial charge is 0.389 e. The molecule has 0 atom stereocenters. The maximum atomic E-state index is 12.1. The molecule has 0 saturated carbocycles. The zero-order chi connectivity index (χ0) is 14.5. The minimum atomic E-state index is -3.50. The second kappa shape index (κ2) is 6.98. The van der Waals surface area contributed by atoms with Gasteiger partial charge in [0.15, 0.2) is 0 Å². The van der Waals surface area contributed by atoms with Gasteiger partial charge in [-0.25, -0.2) is 13.1 Å². The predicted molar refractivity (Wildman–Crippen MR) is 81.6 cm³/mol. The van der Waals surface area contributed by atoms with Gasteiger partial charge in [0.05, 0.1) is 4.90 Å². The highest BCUT2D eigenvalue weighted by Crippen LogP contribution is 2.13. The maximum Gasteiger partial charge on any atom is 0.240 e. The molecule has 1 aromatic carbocycles. The Kier molecular flexibility index (Phi) is 5.90. The highest BCUT2D eigenvalue weighted by molar-refractivity contribution is 7.89. The van der Waals surface area contributed by atoms with E-state index in [-0.39, 0.29) is 9.88 Å². The molecule has 0 heterocycles. The lowest BCUT2D eigenvalue weighted by Crippen LogP contribution is -2.29. The Labute approximate surface area is 120 Å². The molecule has 1 aromatic rings. The Morgan fingerprint density at radius 1 is 1.37 bits per heavy atom. The highest BCUT2D eigenvalue weighted by atomic mass is 32.2. The average Bonchev–Trinajstić information content (AvgIpc) is 2.40. The molecule has 19 heavy (non-hydrogen) atoms. The average molecular weight is 300 g/mol. The summed E-state index contributed by atoms with van der Waals surface area (Å²) in [6, 6.07) is 6.37. The summed E-state index contributed by atoms with van der Waals surface area (Å²) in [7, 11) is -3.50. The van der Waals surface area contributed by atoms with E-state index in [1.807, 2.05) is 0 Å². The predicted octanol–water partition coefficient (Wildman–Crippen LogP) is 2.04. The number of benzene rings is 1. The Morgan fingerprint density at radius 2 is 2.00 bits per heavy atom. The number of nitrogens with one attached hydrogen (secondary N) is 1. The SMILES string of the molecule is CCC(CC)CNS(=O)(=O)c1cccc(C(N)=S)c1. The van der Waals surface area contributed by atoms with Gasteiger partial charge < -0.3 is 5.73 Å². The summed E-state index contributed by atoms with van der Waals surface area (Å²) in [4.78, 5) is 0.390. The molecule has 0 aliphatic rings. The van der Waals surface area contributed by atoms with E-state index in [0.29, 0.717) is 18.0 Å². The first kappa shape index (κ1) is 16.1. The van der Waals surface area contributed by atoms with Gasteiger partial charge in [0.1, 0.15) is 4.99 Å². The quantitative estimate of drug-likeness (QED) is 0.756. The van der Waals surface area contributed by atoms with Gasteiger partial charge in [-0.15, -0.1) is 0 Å². The number of nitrogens with two attached hydrogens (primary N) is 1. The van der Waals surface area contributed by atoms with Crippen molar-refractivity contribution < 1.29 is 8.42 Å². The first-order valence-electron chi connectivity index (χ1n) is 6.30. The molecule has 0 radical (unpaired) electrons. The Hall–Kier alpha value is -0.980. The van der Waals surface area contributed by atoms with Crippen molar-refractivity contribution in [3.63, 3.8) is 0 Å². The van der Waals surface area contributed by atoms with Crippen molar-refractivity contribution in [2.75, 3.05) is 6.54 Å². The summed E-state index contributed by atoms with van der Waals surface area (Å²) in [5.41, 5.74) is 6.06. The molecule has 0 spiro atoms. The smallest absolute Gasteiger partial charge is 0.240 e. The molecule has 0 fully saturated rings. The molecule has 0 unspecified atom stereocenters. The standard InChI is InChI=1S/C13H20N2O2S2/c1-3-10(4-2)9-15-19(16,17)12-7-5-6-11(8-12)13(14)18/h5-8,10,15H,3-4,9H2,1-2H3,(H2,14,18). The van der Waals surface area contributed by atoms with E-state index in [4.69, 9.17) is 18.0 Å². The van der Waals surface area contributed by atoms with E-state index in [1.54, 1.807) is 12.1 Å². The lowest BCUT2D eigenvalue weighted by molar-refractivity contribution is 0.479. The highest BCUT2D eigenvalue weighted by Gasteiger charge is 2.16. The number of sulfonamides is 1. The van der Waals surface area contributed by atoms with Crippen molar-refractivity contribution in [2.45, 2.75) is 31.6 Å². The second-order valence-corrected chi connectivity index (χ2v) is 6.63. The van der Waals surface area contributed by atoms with Crippen molar-refractivity contribution in [2.24, 2.45) is 11.7 Å². The Morgan fingerprint density at radius 3 is 2.53 bits per heavy atom. The van der Waals surface area contributed by atoms with Crippen LogP contribution in [-0.4, -0.2) is 20.0 Å². The normalized spacial score (nSPS) is 11.7. The maximum absolute atomic E-state index is 12.1. The lowest BCUT2D eigenvalue weighted by atomic mass is 10.0. The molecule has 0 aliphatic heterocycles. The molecule has 3 N–H and O–H groups in total. The Balaban J connectivity index is 2.88. The van der Waals surface area contributed by atoms with Crippen LogP contribution in [-0.2, 0) is 10.0 Å². The van der Waals surface area contributed by atoms with Gasteiger partial charge in [0.25, 0.3) is 0 Å². The molecule has 4 nitrogen and oxygen atoms in total. The molecule has 0 bridgehead atoms. The minimum absolute atomic E-state index is 0.192. The van der Waals surface area contributed by atoms with Crippen LogP contribution in [0.1, 0.15) is 32.3 Å². The van der Waals surface area contributed by atoms with Gasteiger partial charge in [-0.1, -0.05) is 51.0 Å². The summed E-state index contributed by atoms with van der Waals surface area (Å²) in [5.74, 6) is 0.355. The van der Waals surface area contributed by atoms with Gasteiger partial charge in [0, 0.05) is 12.1 Å². The topological polar surface area (TPSA) is 72.2 Å². The van der Waals surface area contributed by atoms with E-state index in [9.17, 15) is 8.42 Å². The molecule has 106 valence electrons. The molecule has 0 aromatic heterocycles. The van der Waals surface area contributed by atoms with Crippen LogP contribution < -0.4 is 10.5 Å². The third kappa shape index (κ3) is 4.56. The van der Waals surface area contributed by atoms with E-state index in [2.05, 4.69) is 18.6 Å². The number of thiocarbonyl (C=S) groups is 1. The van der Waals surface area contributed by atoms with E-state index < -0.39 is 10.0 Å². The fourth-order valence-corrected chi connectivity index (χ4v) is 2.99. The molecule has 6 heteroatoms. The van der Waals surface area contributed by atoms with Crippen LogP contribution in [0.4, 0.5) is 0 Å². The summed E-state index contributed by atoms with van der Waals surface area (Å²) in [6.45, 7) is 4.55. The summed E-state index contributed by atoms with van der Waals surface area (Å²) in [6.07, 6.45) is 1.90. The van der Waals surface area contributed by atoms with Crippen molar-refractivity contribution in [1.82, 2.24) is 4.72 Å². The third-order valence-corrected chi connectivity index (χ3v) is 4.80. The number of rotatable bonds is 7. The van der Waals surface area contributed by atoms with Crippen LogP contribution in [0.3, 0.4) is 0 Å². The van der Waals surface area contributed by atoms with Crippen LogP contribution in [0.2, 0.25) is 0 Å². The molecule has 0 saturated heterocycles. The van der Waals surface area contributed by atoms with Crippen molar-refractivity contribution >= 4 is 27.2 Å². The third-order valence-electron chi connectivity index (χ3n) is 3.15. The van der Waals surface area contributed by atoms with Gasteiger partial charge in [0.2, 0.25) is 10.0 Å². The molecule has 0 aliphatic carbocycles. The van der Waals surface area contributed by atoms with Gasteiger partial charge in [-0.2, -0.15) is 0 Å². The van der Waals surface area contributed by atoms with E-state index >= 15 is 0 Å². The number of hydrogen-bond donors (Lipinski definition) is 2. The summed E-state index contributed by atoms with van der Waals surface area (Å²) < 4.78 is 26.9. The zero-order valence-corrected chi connectivity index (χ0v) is 12.9. The van der Waals surface area contributed by atoms with Gasteiger partial charge >= 0.3 is 0 Å². The molecule has 0 amide bonds. The van der Waals surface area contributed by atoms with Crippen molar-refractivity contribution in [3.05, 3.63) is 29.8 Å². The van der Waals surface area contributed by atoms with Crippen LogP contribution >= 0.6 is 12.2 Å². The van der Waals surface area contributed by atoms with Crippen molar-refractivity contribution in [3.8, 4) is 0 Å². The van der Waals surface area contributed by atoms with Crippen LogP contribution in [0.5, 0.6) is 0 Å². The second-order valence-electron chi connectivity index (χ2n) is 4.43. The van der Waals surface area contributed by atoms with Crippen LogP contribution in [0, 0.1) is 5.92 Å².